The summed E-state index contributed by atoms with van der Waals surface area (Å²) in [5, 5.41) is 0. The molecule has 0 radical (unpaired) electrons. The van der Waals surface area contributed by atoms with Crippen molar-refractivity contribution in [1.29, 1.82) is 0 Å². The highest BCUT2D eigenvalue weighted by Crippen LogP contribution is 2.15. The SMILES string of the molecule is CCC(CC)N(CC(C)C)C(=O)[C@@H](N)C(C)C. The largest absolute Gasteiger partial charge is 0.338 e. The number of carbonyl (C=O) groups excluding carboxylic acids is 1. The minimum atomic E-state index is -0.366. The Bertz CT molecular complexity index is 222. The number of hydrogen-bond acceptors (Lipinski definition) is 2. The molecule has 0 spiro atoms. The number of amides is 1. The van der Waals surface area contributed by atoms with Gasteiger partial charge in [0.15, 0.2) is 0 Å². The lowest BCUT2D eigenvalue weighted by Gasteiger charge is -2.34. The van der Waals surface area contributed by atoms with Crippen LogP contribution in [0.4, 0.5) is 0 Å². The maximum Gasteiger partial charge on any atom is 0.240 e. The topological polar surface area (TPSA) is 46.3 Å². The van der Waals surface area contributed by atoms with E-state index >= 15 is 0 Å². The molecule has 0 unspecified atom stereocenters. The van der Waals surface area contributed by atoms with Crippen LogP contribution in [0, 0.1) is 11.8 Å². The lowest BCUT2D eigenvalue weighted by atomic mass is 10.0. The minimum absolute atomic E-state index is 0.113. The van der Waals surface area contributed by atoms with E-state index in [1.807, 2.05) is 18.7 Å². The average molecular weight is 242 g/mol. The highest BCUT2D eigenvalue weighted by molar-refractivity contribution is 5.82. The summed E-state index contributed by atoms with van der Waals surface area (Å²) >= 11 is 0. The number of carbonyl (C=O) groups is 1. The maximum atomic E-state index is 12.4. The van der Waals surface area contributed by atoms with Crippen LogP contribution in [0.15, 0.2) is 0 Å². The van der Waals surface area contributed by atoms with E-state index in [2.05, 4.69) is 27.7 Å². The molecule has 0 aliphatic carbocycles. The van der Waals surface area contributed by atoms with Gasteiger partial charge in [0.25, 0.3) is 0 Å². The smallest absolute Gasteiger partial charge is 0.240 e. The Morgan fingerprint density at radius 2 is 1.59 bits per heavy atom. The van der Waals surface area contributed by atoms with Crippen molar-refractivity contribution < 1.29 is 4.79 Å². The van der Waals surface area contributed by atoms with Gasteiger partial charge in [-0.1, -0.05) is 41.5 Å². The van der Waals surface area contributed by atoms with Gasteiger partial charge in [-0.3, -0.25) is 4.79 Å². The third-order valence-electron chi connectivity index (χ3n) is 3.23. The highest BCUT2D eigenvalue weighted by atomic mass is 16.2. The van der Waals surface area contributed by atoms with Crippen LogP contribution in [0.3, 0.4) is 0 Å². The summed E-state index contributed by atoms with van der Waals surface area (Å²) in [6, 6.07) is -0.0379. The second-order valence-corrected chi connectivity index (χ2v) is 5.62. The molecule has 0 aromatic rings. The molecular formula is C14H30N2O. The molecule has 0 aromatic heterocycles. The summed E-state index contributed by atoms with van der Waals surface area (Å²) in [6.45, 7) is 13.4. The Morgan fingerprint density at radius 3 is 1.88 bits per heavy atom. The van der Waals surface area contributed by atoms with Crippen molar-refractivity contribution in [2.45, 2.75) is 66.5 Å². The Balaban J connectivity index is 4.83. The fourth-order valence-electron chi connectivity index (χ4n) is 2.02. The predicted octanol–water partition coefficient (Wildman–Crippen LogP) is 2.64. The van der Waals surface area contributed by atoms with E-state index in [4.69, 9.17) is 5.73 Å². The molecule has 1 atom stereocenters. The number of nitrogens with two attached hydrogens (primary N) is 1. The molecule has 0 aliphatic heterocycles. The normalized spacial score (nSPS) is 13.5. The molecule has 1 amide bonds. The quantitative estimate of drug-likeness (QED) is 0.746. The van der Waals surface area contributed by atoms with Crippen LogP contribution in [0.2, 0.25) is 0 Å². The molecule has 0 fully saturated rings. The van der Waals surface area contributed by atoms with E-state index in [0.29, 0.717) is 12.0 Å². The standard InChI is InChI=1S/C14H30N2O/c1-7-12(8-2)16(9-10(3)4)14(17)13(15)11(5)6/h10-13H,7-9,15H2,1-6H3/t13-/m0/s1. The zero-order valence-corrected chi connectivity index (χ0v) is 12.4. The lowest BCUT2D eigenvalue weighted by Crippen LogP contribution is -2.51. The zero-order valence-electron chi connectivity index (χ0n) is 12.4. The monoisotopic (exact) mass is 242 g/mol. The Labute approximate surface area is 107 Å². The van der Waals surface area contributed by atoms with Gasteiger partial charge in [0.1, 0.15) is 0 Å². The molecule has 17 heavy (non-hydrogen) atoms. The first-order chi connectivity index (χ1) is 7.84. The van der Waals surface area contributed by atoms with Crippen LogP contribution in [0.1, 0.15) is 54.4 Å². The van der Waals surface area contributed by atoms with Gasteiger partial charge in [-0.25, -0.2) is 0 Å². The Hall–Kier alpha value is -0.570. The predicted molar refractivity (Wildman–Crippen MR) is 73.7 cm³/mol. The second-order valence-electron chi connectivity index (χ2n) is 5.62. The minimum Gasteiger partial charge on any atom is -0.338 e. The molecule has 3 heteroatoms. The summed E-state index contributed by atoms with van der Waals surface area (Å²) in [5.74, 6) is 0.799. The van der Waals surface area contributed by atoms with Gasteiger partial charge in [-0.2, -0.15) is 0 Å². The number of rotatable bonds is 7. The number of hydrogen-bond donors (Lipinski definition) is 1. The molecule has 0 bridgehead atoms. The van der Waals surface area contributed by atoms with Gasteiger partial charge < -0.3 is 10.6 Å². The van der Waals surface area contributed by atoms with E-state index < -0.39 is 0 Å². The van der Waals surface area contributed by atoms with E-state index in [1.165, 1.54) is 0 Å². The van der Waals surface area contributed by atoms with Gasteiger partial charge in [-0.15, -0.1) is 0 Å². The molecule has 0 aromatic carbocycles. The maximum absolute atomic E-state index is 12.4. The first kappa shape index (κ1) is 16.4. The summed E-state index contributed by atoms with van der Waals surface area (Å²) in [4.78, 5) is 14.4. The van der Waals surface area contributed by atoms with Gasteiger partial charge in [0.2, 0.25) is 5.91 Å². The van der Waals surface area contributed by atoms with E-state index in [9.17, 15) is 4.79 Å². The lowest BCUT2D eigenvalue weighted by molar-refractivity contribution is -0.136. The Morgan fingerprint density at radius 1 is 1.12 bits per heavy atom. The third kappa shape index (κ3) is 5.07. The van der Waals surface area contributed by atoms with Gasteiger partial charge in [0.05, 0.1) is 6.04 Å². The van der Waals surface area contributed by atoms with Gasteiger partial charge in [-0.05, 0) is 24.7 Å². The van der Waals surface area contributed by atoms with Crippen molar-refractivity contribution in [3.63, 3.8) is 0 Å². The average Bonchev–Trinajstić information content (AvgIpc) is 2.26. The van der Waals surface area contributed by atoms with Crippen LogP contribution in [0.5, 0.6) is 0 Å². The van der Waals surface area contributed by atoms with E-state index in [-0.39, 0.29) is 17.9 Å². The fourth-order valence-corrected chi connectivity index (χ4v) is 2.02. The van der Waals surface area contributed by atoms with Crippen molar-refractivity contribution in [2.75, 3.05) is 6.54 Å². The van der Waals surface area contributed by atoms with Crippen molar-refractivity contribution in [1.82, 2.24) is 4.90 Å². The van der Waals surface area contributed by atoms with Crippen molar-refractivity contribution in [3.05, 3.63) is 0 Å². The molecule has 0 rings (SSSR count). The fraction of sp³-hybridized carbons (Fsp3) is 0.929. The van der Waals surface area contributed by atoms with Crippen LogP contribution >= 0.6 is 0 Å². The second kappa shape index (κ2) is 7.70. The summed E-state index contributed by atoms with van der Waals surface area (Å²) < 4.78 is 0. The first-order valence-electron chi connectivity index (χ1n) is 6.91. The molecule has 0 aliphatic rings. The van der Waals surface area contributed by atoms with Crippen molar-refractivity contribution >= 4 is 5.91 Å². The van der Waals surface area contributed by atoms with Gasteiger partial charge in [0, 0.05) is 12.6 Å². The highest BCUT2D eigenvalue weighted by Gasteiger charge is 2.27. The molecule has 102 valence electrons. The zero-order chi connectivity index (χ0) is 13.6. The van der Waals surface area contributed by atoms with Crippen LogP contribution in [0.25, 0.3) is 0 Å². The molecule has 3 nitrogen and oxygen atoms in total. The van der Waals surface area contributed by atoms with Crippen LogP contribution < -0.4 is 5.73 Å². The molecular weight excluding hydrogens is 212 g/mol. The van der Waals surface area contributed by atoms with Gasteiger partial charge >= 0.3 is 0 Å². The third-order valence-corrected chi connectivity index (χ3v) is 3.23. The summed E-state index contributed by atoms with van der Waals surface area (Å²) in [5.41, 5.74) is 5.99. The van der Waals surface area contributed by atoms with E-state index in [1.54, 1.807) is 0 Å². The first-order valence-corrected chi connectivity index (χ1v) is 6.91. The van der Waals surface area contributed by atoms with Crippen molar-refractivity contribution in [2.24, 2.45) is 17.6 Å². The molecule has 0 heterocycles. The summed E-state index contributed by atoms with van der Waals surface area (Å²) in [7, 11) is 0. The van der Waals surface area contributed by atoms with Crippen molar-refractivity contribution in [3.8, 4) is 0 Å². The van der Waals surface area contributed by atoms with E-state index in [0.717, 1.165) is 19.4 Å². The van der Waals surface area contributed by atoms with Crippen LogP contribution in [-0.2, 0) is 4.79 Å². The molecule has 2 N–H and O–H groups in total. The van der Waals surface area contributed by atoms with Crippen LogP contribution in [-0.4, -0.2) is 29.4 Å². The molecule has 0 saturated carbocycles. The molecule has 0 saturated heterocycles. The Kier molecular flexibility index (Phi) is 7.44. The summed E-state index contributed by atoms with van der Waals surface area (Å²) in [6.07, 6.45) is 2.00. The number of nitrogens with zero attached hydrogens (tertiary/aromatic N) is 1.